The molecule has 1 fully saturated rings. The molecule has 0 spiro atoms. The Labute approximate surface area is 94.1 Å². The lowest BCUT2D eigenvalue weighted by Crippen LogP contribution is -2.32. The minimum atomic E-state index is -0.142. The van der Waals surface area contributed by atoms with Gasteiger partial charge in [-0.1, -0.05) is 0 Å². The smallest absolute Gasteiger partial charge is 0.0512 e. The van der Waals surface area contributed by atoms with Gasteiger partial charge >= 0.3 is 0 Å². The molecule has 0 aromatic carbocycles. The number of likely N-dealkylation sites (tertiary alicyclic amines) is 1. The van der Waals surface area contributed by atoms with Gasteiger partial charge in [-0.05, 0) is 59.3 Å². The normalized spacial score (nSPS) is 20.0. The third kappa shape index (κ3) is 6.13. The minimum Gasteiger partial charge on any atom is -0.393 e. The third-order valence-electron chi connectivity index (χ3n) is 3.16. The minimum absolute atomic E-state index is 0.142. The van der Waals surface area contributed by atoms with Gasteiger partial charge in [0.15, 0.2) is 0 Å². The van der Waals surface area contributed by atoms with E-state index in [9.17, 15) is 0 Å². The number of likely N-dealkylation sites (N-methyl/N-ethyl adjacent to an activating group) is 1. The van der Waals surface area contributed by atoms with Crippen molar-refractivity contribution in [2.24, 2.45) is 0 Å². The highest BCUT2D eigenvalue weighted by atomic mass is 16.3. The van der Waals surface area contributed by atoms with Gasteiger partial charge in [-0.25, -0.2) is 0 Å². The Morgan fingerprint density at radius 2 is 1.93 bits per heavy atom. The predicted molar refractivity (Wildman–Crippen MR) is 64.1 cm³/mol. The summed E-state index contributed by atoms with van der Waals surface area (Å²) >= 11 is 0. The molecule has 0 aromatic heterocycles. The predicted octanol–water partition coefficient (Wildman–Crippen LogP) is 1.18. The molecule has 0 amide bonds. The van der Waals surface area contributed by atoms with Gasteiger partial charge in [-0.3, -0.25) is 0 Å². The summed E-state index contributed by atoms with van der Waals surface area (Å²) in [5.41, 5.74) is 0. The van der Waals surface area contributed by atoms with Crippen LogP contribution in [-0.4, -0.2) is 60.8 Å². The maximum atomic E-state index is 9.14. The quantitative estimate of drug-likeness (QED) is 0.689. The summed E-state index contributed by atoms with van der Waals surface area (Å²) in [6.07, 6.45) is 4.65. The standard InChI is InChI=1S/C12H26N2O/c1-12(15)6-5-7-13(2)10-11-14-8-3-4-9-14/h12,15H,3-11H2,1-2H3. The molecule has 1 saturated heterocycles. The molecule has 3 nitrogen and oxygen atoms in total. The number of aliphatic hydroxyl groups excluding tert-OH is 1. The van der Waals surface area contributed by atoms with Crippen molar-refractivity contribution >= 4 is 0 Å². The molecule has 3 heteroatoms. The van der Waals surface area contributed by atoms with E-state index >= 15 is 0 Å². The lowest BCUT2D eigenvalue weighted by Gasteiger charge is -2.21. The molecule has 1 N–H and O–H groups in total. The first-order chi connectivity index (χ1) is 7.18. The van der Waals surface area contributed by atoms with Crippen molar-refractivity contribution in [2.75, 3.05) is 39.8 Å². The summed E-state index contributed by atoms with van der Waals surface area (Å²) in [5.74, 6) is 0. The van der Waals surface area contributed by atoms with Crippen molar-refractivity contribution in [1.29, 1.82) is 0 Å². The maximum absolute atomic E-state index is 9.14. The molecule has 90 valence electrons. The monoisotopic (exact) mass is 214 g/mol. The van der Waals surface area contributed by atoms with Crippen molar-refractivity contribution in [3.05, 3.63) is 0 Å². The van der Waals surface area contributed by atoms with Gasteiger partial charge in [0.25, 0.3) is 0 Å². The molecule has 1 heterocycles. The van der Waals surface area contributed by atoms with Crippen LogP contribution in [0.4, 0.5) is 0 Å². The van der Waals surface area contributed by atoms with Crippen LogP contribution in [0.1, 0.15) is 32.6 Å². The molecule has 0 bridgehead atoms. The average Bonchev–Trinajstić information content (AvgIpc) is 2.66. The summed E-state index contributed by atoms with van der Waals surface area (Å²) in [7, 11) is 2.18. The molecule has 1 aliphatic rings. The van der Waals surface area contributed by atoms with E-state index in [0.717, 1.165) is 19.4 Å². The molecule has 1 unspecified atom stereocenters. The first-order valence-electron chi connectivity index (χ1n) is 6.27. The van der Waals surface area contributed by atoms with Gasteiger partial charge in [-0.15, -0.1) is 0 Å². The van der Waals surface area contributed by atoms with E-state index in [-0.39, 0.29) is 6.10 Å². The lowest BCUT2D eigenvalue weighted by atomic mass is 10.2. The molecule has 0 aliphatic carbocycles. The zero-order valence-corrected chi connectivity index (χ0v) is 10.3. The van der Waals surface area contributed by atoms with E-state index in [0.29, 0.717) is 0 Å². The van der Waals surface area contributed by atoms with Crippen LogP contribution in [0.2, 0.25) is 0 Å². The van der Waals surface area contributed by atoms with Gasteiger partial charge in [-0.2, -0.15) is 0 Å². The van der Waals surface area contributed by atoms with Gasteiger partial charge < -0.3 is 14.9 Å². The Bertz CT molecular complexity index is 156. The number of nitrogens with zero attached hydrogens (tertiary/aromatic N) is 2. The van der Waals surface area contributed by atoms with Crippen LogP contribution in [0.25, 0.3) is 0 Å². The van der Waals surface area contributed by atoms with E-state index in [1.807, 2.05) is 6.92 Å². The molecular formula is C12H26N2O. The number of rotatable bonds is 7. The second kappa shape index (κ2) is 7.20. The van der Waals surface area contributed by atoms with E-state index in [2.05, 4.69) is 16.8 Å². The van der Waals surface area contributed by atoms with Gasteiger partial charge in [0.1, 0.15) is 0 Å². The Kier molecular flexibility index (Phi) is 6.22. The van der Waals surface area contributed by atoms with E-state index in [1.54, 1.807) is 0 Å². The highest BCUT2D eigenvalue weighted by molar-refractivity contribution is 4.67. The van der Waals surface area contributed by atoms with Gasteiger partial charge in [0.2, 0.25) is 0 Å². The van der Waals surface area contributed by atoms with Crippen LogP contribution in [0.15, 0.2) is 0 Å². The summed E-state index contributed by atoms with van der Waals surface area (Å²) in [6, 6.07) is 0. The van der Waals surface area contributed by atoms with Crippen molar-refractivity contribution in [2.45, 2.75) is 38.7 Å². The number of hydrogen-bond acceptors (Lipinski definition) is 3. The highest BCUT2D eigenvalue weighted by Crippen LogP contribution is 2.06. The topological polar surface area (TPSA) is 26.7 Å². The molecule has 0 aromatic rings. The van der Waals surface area contributed by atoms with Crippen molar-refractivity contribution in [3.8, 4) is 0 Å². The van der Waals surface area contributed by atoms with E-state index in [4.69, 9.17) is 5.11 Å². The van der Waals surface area contributed by atoms with Crippen molar-refractivity contribution in [3.63, 3.8) is 0 Å². The SMILES string of the molecule is CC(O)CCCN(C)CCN1CCCC1. The van der Waals surface area contributed by atoms with Crippen LogP contribution in [0, 0.1) is 0 Å². The Morgan fingerprint density at radius 1 is 1.27 bits per heavy atom. The second-order valence-corrected chi connectivity index (χ2v) is 4.84. The Balaban J connectivity index is 1.95. The van der Waals surface area contributed by atoms with Crippen LogP contribution in [-0.2, 0) is 0 Å². The molecule has 15 heavy (non-hydrogen) atoms. The molecule has 1 rings (SSSR count). The highest BCUT2D eigenvalue weighted by Gasteiger charge is 2.11. The van der Waals surface area contributed by atoms with E-state index < -0.39 is 0 Å². The molecule has 1 aliphatic heterocycles. The van der Waals surface area contributed by atoms with Crippen LogP contribution < -0.4 is 0 Å². The van der Waals surface area contributed by atoms with E-state index in [1.165, 1.54) is 39.0 Å². The Hall–Kier alpha value is -0.120. The van der Waals surface area contributed by atoms with Gasteiger partial charge in [0.05, 0.1) is 6.10 Å². The number of aliphatic hydroxyl groups is 1. The van der Waals surface area contributed by atoms with Gasteiger partial charge in [0, 0.05) is 13.1 Å². The van der Waals surface area contributed by atoms with Crippen molar-refractivity contribution in [1.82, 2.24) is 9.80 Å². The van der Waals surface area contributed by atoms with Crippen LogP contribution in [0.5, 0.6) is 0 Å². The third-order valence-corrected chi connectivity index (χ3v) is 3.16. The molecular weight excluding hydrogens is 188 g/mol. The fourth-order valence-electron chi connectivity index (χ4n) is 2.09. The first-order valence-corrected chi connectivity index (χ1v) is 6.27. The molecule has 1 atom stereocenters. The largest absolute Gasteiger partial charge is 0.393 e. The second-order valence-electron chi connectivity index (χ2n) is 4.84. The zero-order chi connectivity index (χ0) is 11.1. The van der Waals surface area contributed by atoms with Crippen LogP contribution in [0.3, 0.4) is 0 Å². The number of hydrogen-bond donors (Lipinski definition) is 1. The molecule has 0 radical (unpaired) electrons. The van der Waals surface area contributed by atoms with Crippen LogP contribution >= 0.6 is 0 Å². The first kappa shape index (κ1) is 12.9. The fraction of sp³-hybridized carbons (Fsp3) is 1.00. The summed E-state index contributed by atoms with van der Waals surface area (Å²) < 4.78 is 0. The summed E-state index contributed by atoms with van der Waals surface area (Å²) in [4.78, 5) is 4.92. The lowest BCUT2D eigenvalue weighted by molar-refractivity contribution is 0.172. The molecule has 0 saturated carbocycles. The fourth-order valence-corrected chi connectivity index (χ4v) is 2.09. The maximum Gasteiger partial charge on any atom is 0.0512 e. The summed E-state index contributed by atoms with van der Waals surface area (Å²) in [5, 5.41) is 9.14. The average molecular weight is 214 g/mol. The van der Waals surface area contributed by atoms with Crippen molar-refractivity contribution < 1.29 is 5.11 Å². The zero-order valence-electron chi connectivity index (χ0n) is 10.3. The Morgan fingerprint density at radius 3 is 2.53 bits per heavy atom. The summed E-state index contributed by atoms with van der Waals surface area (Å²) in [6.45, 7) is 7.94.